The van der Waals surface area contributed by atoms with Gasteiger partial charge >= 0.3 is 38.2 Å². The quantitative estimate of drug-likeness (QED) is 0.234. The van der Waals surface area contributed by atoms with Crippen LogP contribution >= 0.6 is 21.1 Å². The van der Waals surface area contributed by atoms with Crippen LogP contribution in [0, 0.1) is 0 Å². The van der Waals surface area contributed by atoms with Crippen LogP contribution in [0.3, 0.4) is 0 Å². The van der Waals surface area contributed by atoms with Crippen molar-refractivity contribution in [3.8, 4) is 0 Å². The van der Waals surface area contributed by atoms with Crippen LogP contribution in [0.1, 0.15) is 0 Å². The first kappa shape index (κ1) is 18.2. The van der Waals surface area contributed by atoms with Crippen molar-refractivity contribution in [3.63, 3.8) is 0 Å². The topological polar surface area (TPSA) is 26.3 Å². The molecule has 0 radical (unpaired) electrons. The van der Waals surface area contributed by atoms with Gasteiger partial charge in [0.15, 0.2) is 6.61 Å². The molecule has 0 spiro atoms. The van der Waals surface area contributed by atoms with Gasteiger partial charge in [0.05, 0.1) is 21.1 Å². The predicted octanol–water partition coefficient (Wildman–Crippen LogP) is -1.93. The molecule has 0 aliphatic carbocycles. The standard InChI is InChI=1S/C5H14NO2P.ClH.Na/c1-6(2,3)4-5-8-9-7;;/h9H,4-5H2,1-3H3;1H;/q+2;;+1. The van der Waals surface area contributed by atoms with Crippen molar-refractivity contribution in [1.29, 1.82) is 0 Å². The molecule has 3 nitrogen and oxygen atoms in total. The second-order valence-electron chi connectivity index (χ2n) is 2.95. The van der Waals surface area contributed by atoms with Gasteiger partial charge < -0.3 is 4.48 Å². The molecular weight excluding hydrogens is 195 g/mol. The molecule has 0 saturated carbocycles. The van der Waals surface area contributed by atoms with E-state index in [4.69, 9.17) is 0 Å². The van der Waals surface area contributed by atoms with E-state index in [1.54, 1.807) is 0 Å². The molecule has 11 heavy (non-hydrogen) atoms. The summed E-state index contributed by atoms with van der Waals surface area (Å²) in [6, 6.07) is 0. The molecule has 1 unspecified atom stereocenters. The summed E-state index contributed by atoms with van der Waals surface area (Å²) < 4.78 is 15.3. The van der Waals surface area contributed by atoms with Gasteiger partial charge in [-0.25, -0.2) is 0 Å². The Morgan fingerprint density at radius 2 is 1.82 bits per heavy atom. The summed E-state index contributed by atoms with van der Waals surface area (Å²) in [5.74, 6) is 0. The predicted molar refractivity (Wildman–Crippen MR) is 45.1 cm³/mol. The van der Waals surface area contributed by atoms with E-state index in [-0.39, 0.29) is 42.0 Å². The third-order valence-corrected chi connectivity index (χ3v) is 1.25. The molecule has 1 atom stereocenters. The first-order valence-electron chi connectivity index (χ1n) is 2.85. The molecular formula is C5H15ClNNaO2P+3. The minimum absolute atomic E-state index is 0. The van der Waals surface area contributed by atoms with Crippen LogP contribution in [0.4, 0.5) is 0 Å². The summed E-state index contributed by atoms with van der Waals surface area (Å²) in [6.07, 6.45) is 0. The maximum atomic E-state index is 9.81. The molecule has 62 valence electrons. The van der Waals surface area contributed by atoms with Crippen LogP contribution in [0.25, 0.3) is 0 Å². The number of nitrogens with zero attached hydrogens (tertiary/aromatic N) is 1. The Hall–Kier alpha value is 1.31. The zero-order valence-electron chi connectivity index (χ0n) is 7.59. The van der Waals surface area contributed by atoms with Gasteiger partial charge in [-0.05, 0) is 4.57 Å². The number of rotatable bonds is 4. The number of hydrogen-bond donors (Lipinski definition) is 0. The third-order valence-electron chi connectivity index (χ3n) is 0.923. The van der Waals surface area contributed by atoms with E-state index in [1.807, 2.05) is 0 Å². The summed E-state index contributed by atoms with van der Waals surface area (Å²) >= 11 is 0. The minimum atomic E-state index is -0.616. The number of halogens is 1. The number of likely N-dealkylation sites (N-methyl/N-ethyl adjacent to an activating group) is 1. The maximum Gasteiger partial charge on any atom is 1.00 e. The average molecular weight is 211 g/mol. The number of quaternary nitrogens is 1. The van der Waals surface area contributed by atoms with E-state index in [9.17, 15) is 4.57 Å². The molecule has 0 aromatic heterocycles. The Labute approximate surface area is 98.1 Å². The van der Waals surface area contributed by atoms with Crippen molar-refractivity contribution < 1.29 is 43.1 Å². The first-order chi connectivity index (χ1) is 4.06. The average Bonchev–Trinajstić information content (AvgIpc) is 1.63. The molecule has 0 aromatic rings. The number of hydrogen-bond acceptors (Lipinski definition) is 2. The fraction of sp³-hybridized carbons (Fsp3) is 1.00. The monoisotopic (exact) mass is 210 g/mol. The Balaban J connectivity index is -0.000000320. The van der Waals surface area contributed by atoms with Crippen molar-refractivity contribution in [1.82, 2.24) is 0 Å². The second kappa shape index (κ2) is 9.40. The molecule has 0 heterocycles. The van der Waals surface area contributed by atoms with E-state index in [2.05, 4.69) is 25.7 Å². The summed E-state index contributed by atoms with van der Waals surface area (Å²) in [5, 5.41) is 0. The normalized spacial score (nSPS) is 10.1. The van der Waals surface area contributed by atoms with Crippen LogP contribution in [-0.2, 0) is 9.09 Å². The van der Waals surface area contributed by atoms with Gasteiger partial charge in [0.1, 0.15) is 6.54 Å². The van der Waals surface area contributed by atoms with Gasteiger partial charge in [0.2, 0.25) is 0 Å². The van der Waals surface area contributed by atoms with Crippen LogP contribution in [0.5, 0.6) is 0 Å². The molecule has 0 rings (SSSR count). The Bertz CT molecular complexity index is 99.0. The van der Waals surface area contributed by atoms with Crippen LogP contribution in [0.15, 0.2) is 0 Å². The molecule has 6 heteroatoms. The van der Waals surface area contributed by atoms with Crippen molar-refractivity contribution >= 4 is 21.1 Å². The fourth-order valence-electron chi connectivity index (χ4n) is 0.361. The Kier molecular flexibility index (Phi) is 15.5. The molecule has 0 saturated heterocycles. The van der Waals surface area contributed by atoms with Gasteiger partial charge in [-0.15, -0.1) is 16.9 Å². The maximum absolute atomic E-state index is 9.81. The summed E-state index contributed by atoms with van der Waals surface area (Å²) in [6.45, 7) is 1.47. The van der Waals surface area contributed by atoms with Gasteiger partial charge in [0, 0.05) is 0 Å². The van der Waals surface area contributed by atoms with E-state index in [0.717, 1.165) is 11.0 Å². The van der Waals surface area contributed by atoms with E-state index in [1.165, 1.54) is 0 Å². The largest absolute Gasteiger partial charge is 1.00 e. The van der Waals surface area contributed by atoms with E-state index in [0.29, 0.717) is 6.61 Å². The zero-order valence-corrected chi connectivity index (χ0v) is 11.4. The van der Waals surface area contributed by atoms with Crippen molar-refractivity contribution in [2.24, 2.45) is 0 Å². The van der Waals surface area contributed by atoms with Crippen LogP contribution in [0.2, 0.25) is 0 Å². The van der Waals surface area contributed by atoms with Crippen molar-refractivity contribution in [2.75, 3.05) is 34.3 Å². The van der Waals surface area contributed by atoms with Gasteiger partial charge in [-0.1, -0.05) is 0 Å². The first-order valence-corrected chi connectivity index (χ1v) is 3.67. The third kappa shape index (κ3) is 18.3. The molecule has 0 bridgehead atoms. The minimum Gasteiger partial charge on any atom is -0.329 e. The second-order valence-corrected chi connectivity index (χ2v) is 3.40. The van der Waals surface area contributed by atoms with Gasteiger partial charge in [-0.3, -0.25) is 0 Å². The molecule has 0 aliphatic heterocycles. The molecule has 0 aliphatic rings. The molecule has 0 fully saturated rings. The van der Waals surface area contributed by atoms with Gasteiger partial charge in [0.25, 0.3) is 0 Å². The Morgan fingerprint density at radius 1 is 1.36 bits per heavy atom. The van der Waals surface area contributed by atoms with E-state index >= 15 is 0 Å². The summed E-state index contributed by atoms with van der Waals surface area (Å²) in [4.78, 5) is 0. The summed E-state index contributed by atoms with van der Waals surface area (Å²) in [7, 11) is 5.58. The molecule has 0 amide bonds. The smallest absolute Gasteiger partial charge is 0.329 e. The molecule has 0 aromatic carbocycles. The Morgan fingerprint density at radius 3 is 2.09 bits per heavy atom. The van der Waals surface area contributed by atoms with Crippen molar-refractivity contribution in [2.45, 2.75) is 0 Å². The van der Waals surface area contributed by atoms with E-state index < -0.39 is 8.69 Å². The van der Waals surface area contributed by atoms with Crippen LogP contribution < -0.4 is 29.6 Å². The van der Waals surface area contributed by atoms with Gasteiger partial charge in [-0.2, -0.15) is 0 Å². The van der Waals surface area contributed by atoms with Crippen LogP contribution in [-0.4, -0.2) is 38.8 Å². The zero-order chi connectivity index (χ0) is 7.33. The summed E-state index contributed by atoms with van der Waals surface area (Å²) in [5.41, 5.74) is 0. The SMILES string of the molecule is C[N+](C)(C)CCO[PH+]=O.Cl.[Na+]. The molecule has 0 N–H and O–H groups in total. The fourth-order valence-corrected chi connectivity index (χ4v) is 0.536. The van der Waals surface area contributed by atoms with Crippen molar-refractivity contribution in [3.05, 3.63) is 0 Å².